The van der Waals surface area contributed by atoms with Gasteiger partial charge in [0, 0.05) is 16.0 Å². The number of carbonyl (C=O) groups excluding carboxylic acids is 1. The Bertz CT molecular complexity index is 1340. The van der Waals surface area contributed by atoms with Crippen molar-refractivity contribution in [2.45, 2.75) is 16.7 Å². The van der Waals surface area contributed by atoms with Gasteiger partial charge in [-0.1, -0.05) is 53.2 Å². The number of benzene rings is 3. The van der Waals surface area contributed by atoms with Gasteiger partial charge in [-0.2, -0.15) is 9.78 Å². The van der Waals surface area contributed by atoms with Crippen molar-refractivity contribution in [2.75, 3.05) is 0 Å². The molecule has 1 heterocycles. The summed E-state index contributed by atoms with van der Waals surface area (Å²) < 4.78 is 7.28. The highest BCUT2D eigenvalue weighted by atomic mass is 35.5. The smallest absolute Gasteiger partial charge is 0.345 e. The van der Waals surface area contributed by atoms with Crippen molar-refractivity contribution in [1.29, 1.82) is 0 Å². The Hall–Kier alpha value is -3.33. The lowest BCUT2D eigenvalue weighted by molar-refractivity contribution is -0.384. The number of aromatic nitrogens is 2. The Morgan fingerprint density at radius 2 is 1.76 bits per heavy atom. The van der Waals surface area contributed by atoms with Gasteiger partial charge in [-0.3, -0.25) is 10.1 Å². The summed E-state index contributed by atoms with van der Waals surface area (Å²) in [5.41, 5.74) is 0.943. The lowest BCUT2D eigenvalue weighted by Gasteiger charge is -2.10. The second-order valence-corrected chi connectivity index (χ2v) is 8.76. The maximum Gasteiger partial charge on any atom is 0.345 e. The Balaban J connectivity index is 1.76. The standard InChI is InChI=1S/C23H15Cl2N3O4S/c1-14-21(33-18-10-8-16(24)9-11-18)22(27(26-14)17-5-3-2-4-6-17)32-23(29)15-7-12-19(25)20(13-15)28(30)31/h2-13H,1H3. The molecule has 166 valence electrons. The second kappa shape index (κ2) is 9.66. The number of hydrogen-bond acceptors (Lipinski definition) is 6. The van der Waals surface area contributed by atoms with Gasteiger partial charge >= 0.3 is 5.97 Å². The third-order valence-corrected chi connectivity index (χ3v) is 6.32. The van der Waals surface area contributed by atoms with E-state index in [1.54, 1.807) is 12.1 Å². The molecule has 0 fully saturated rings. The number of halogens is 2. The first kappa shape index (κ1) is 22.8. The molecule has 0 atom stereocenters. The molecule has 0 N–H and O–H groups in total. The van der Waals surface area contributed by atoms with Crippen LogP contribution in [0.1, 0.15) is 16.1 Å². The van der Waals surface area contributed by atoms with Crippen molar-refractivity contribution >= 4 is 46.6 Å². The predicted molar refractivity (Wildman–Crippen MR) is 127 cm³/mol. The van der Waals surface area contributed by atoms with Crippen LogP contribution in [0.15, 0.2) is 82.6 Å². The Morgan fingerprint density at radius 1 is 1.06 bits per heavy atom. The van der Waals surface area contributed by atoms with Crippen LogP contribution < -0.4 is 4.74 Å². The van der Waals surface area contributed by atoms with Crippen LogP contribution in [0.4, 0.5) is 5.69 Å². The van der Waals surface area contributed by atoms with Crippen LogP contribution in [-0.4, -0.2) is 20.7 Å². The van der Waals surface area contributed by atoms with Gasteiger partial charge in [-0.05, 0) is 55.5 Å². The minimum absolute atomic E-state index is 0.00740. The minimum atomic E-state index is -0.773. The third-order valence-electron chi connectivity index (χ3n) is 4.57. The van der Waals surface area contributed by atoms with Crippen LogP contribution >= 0.6 is 35.0 Å². The van der Waals surface area contributed by atoms with E-state index in [4.69, 9.17) is 27.9 Å². The average molecular weight is 500 g/mol. The van der Waals surface area contributed by atoms with Crippen molar-refractivity contribution in [3.63, 3.8) is 0 Å². The molecule has 0 aliphatic rings. The molecule has 0 bridgehead atoms. The number of ether oxygens (including phenoxy) is 1. The van der Waals surface area contributed by atoms with Gasteiger partial charge < -0.3 is 4.74 Å². The highest BCUT2D eigenvalue weighted by molar-refractivity contribution is 7.99. The van der Waals surface area contributed by atoms with Gasteiger partial charge in [-0.15, -0.1) is 0 Å². The van der Waals surface area contributed by atoms with Crippen molar-refractivity contribution < 1.29 is 14.5 Å². The summed E-state index contributed by atoms with van der Waals surface area (Å²) in [4.78, 5) is 25.0. The first-order valence-corrected chi connectivity index (χ1v) is 11.2. The maximum absolute atomic E-state index is 13.0. The summed E-state index contributed by atoms with van der Waals surface area (Å²) in [6, 6.07) is 20.2. The fourth-order valence-electron chi connectivity index (χ4n) is 2.99. The maximum atomic E-state index is 13.0. The van der Waals surface area contributed by atoms with Crippen molar-refractivity contribution in [3.05, 3.63) is 104 Å². The molecule has 0 saturated carbocycles. The zero-order valence-corrected chi connectivity index (χ0v) is 19.4. The van der Waals surface area contributed by atoms with Crippen molar-refractivity contribution in [3.8, 4) is 11.6 Å². The summed E-state index contributed by atoms with van der Waals surface area (Å²) in [5.74, 6) is -0.578. The number of nitro groups is 1. The van der Waals surface area contributed by atoms with E-state index in [0.29, 0.717) is 21.3 Å². The topological polar surface area (TPSA) is 87.3 Å². The third kappa shape index (κ3) is 5.03. The van der Waals surface area contributed by atoms with Crippen LogP contribution in [0, 0.1) is 17.0 Å². The molecule has 7 nitrogen and oxygen atoms in total. The molecule has 0 unspecified atom stereocenters. The number of nitro benzene ring substituents is 1. The summed E-state index contributed by atoms with van der Waals surface area (Å²) in [6.45, 7) is 1.81. The van der Waals surface area contributed by atoms with E-state index in [9.17, 15) is 14.9 Å². The van der Waals surface area contributed by atoms with E-state index in [1.807, 2.05) is 49.4 Å². The van der Waals surface area contributed by atoms with E-state index >= 15 is 0 Å². The zero-order chi connectivity index (χ0) is 23.5. The number of carbonyl (C=O) groups is 1. The minimum Gasteiger partial charge on any atom is -0.402 e. The lowest BCUT2D eigenvalue weighted by Crippen LogP contribution is -2.12. The molecule has 0 spiro atoms. The van der Waals surface area contributed by atoms with Crippen LogP contribution in [0.5, 0.6) is 5.88 Å². The number of para-hydroxylation sites is 1. The molecule has 0 aliphatic heterocycles. The van der Waals surface area contributed by atoms with E-state index in [0.717, 1.165) is 11.0 Å². The van der Waals surface area contributed by atoms with Gasteiger partial charge in [0.25, 0.3) is 5.69 Å². The van der Waals surface area contributed by atoms with Gasteiger partial charge in [0.1, 0.15) is 5.02 Å². The van der Waals surface area contributed by atoms with E-state index in [-0.39, 0.29) is 22.2 Å². The van der Waals surface area contributed by atoms with E-state index in [2.05, 4.69) is 5.10 Å². The largest absolute Gasteiger partial charge is 0.402 e. The van der Waals surface area contributed by atoms with Crippen LogP contribution in [0.2, 0.25) is 10.0 Å². The highest BCUT2D eigenvalue weighted by Crippen LogP contribution is 2.39. The molecule has 4 aromatic rings. The number of hydrogen-bond donors (Lipinski definition) is 0. The summed E-state index contributed by atoms with van der Waals surface area (Å²) >= 11 is 13.2. The lowest BCUT2D eigenvalue weighted by atomic mass is 10.2. The number of aryl methyl sites for hydroxylation is 1. The van der Waals surface area contributed by atoms with Crippen LogP contribution in [-0.2, 0) is 0 Å². The molecular weight excluding hydrogens is 485 g/mol. The monoisotopic (exact) mass is 499 g/mol. The molecule has 3 aromatic carbocycles. The van der Waals surface area contributed by atoms with Gasteiger partial charge in [0.15, 0.2) is 0 Å². The summed E-state index contributed by atoms with van der Waals surface area (Å²) in [7, 11) is 0. The van der Waals surface area contributed by atoms with Gasteiger partial charge in [0.05, 0.1) is 26.8 Å². The Kier molecular flexibility index (Phi) is 6.69. The normalized spacial score (nSPS) is 10.8. The van der Waals surface area contributed by atoms with Crippen LogP contribution in [0.3, 0.4) is 0 Å². The summed E-state index contributed by atoms with van der Waals surface area (Å²) in [5, 5.41) is 16.3. The molecule has 0 saturated heterocycles. The molecule has 0 radical (unpaired) electrons. The van der Waals surface area contributed by atoms with Gasteiger partial charge in [-0.25, -0.2) is 4.79 Å². The SMILES string of the molecule is Cc1nn(-c2ccccc2)c(OC(=O)c2ccc(Cl)c([N+](=O)[O-])c2)c1Sc1ccc(Cl)cc1. The zero-order valence-electron chi connectivity index (χ0n) is 17.1. The summed E-state index contributed by atoms with van der Waals surface area (Å²) in [6.07, 6.45) is 0. The average Bonchev–Trinajstić information content (AvgIpc) is 3.11. The van der Waals surface area contributed by atoms with Crippen molar-refractivity contribution in [2.24, 2.45) is 0 Å². The molecule has 33 heavy (non-hydrogen) atoms. The van der Waals surface area contributed by atoms with Crippen molar-refractivity contribution in [1.82, 2.24) is 9.78 Å². The predicted octanol–water partition coefficient (Wildman–Crippen LogP) is 6.77. The molecular formula is C23H15Cl2N3O4S. The molecule has 4 rings (SSSR count). The molecule has 10 heteroatoms. The highest BCUT2D eigenvalue weighted by Gasteiger charge is 2.24. The van der Waals surface area contributed by atoms with Gasteiger partial charge in [0.2, 0.25) is 5.88 Å². The first-order chi connectivity index (χ1) is 15.8. The fraction of sp³-hybridized carbons (Fsp3) is 0.0435. The molecule has 1 aromatic heterocycles. The molecule has 0 aliphatic carbocycles. The van der Waals surface area contributed by atoms with Crippen LogP contribution in [0.25, 0.3) is 5.69 Å². The van der Waals surface area contributed by atoms with E-state index in [1.165, 1.54) is 28.6 Å². The number of nitrogens with zero attached hydrogens (tertiary/aromatic N) is 3. The Morgan fingerprint density at radius 3 is 2.42 bits per heavy atom. The molecule has 0 amide bonds. The first-order valence-electron chi connectivity index (χ1n) is 9.58. The number of rotatable bonds is 6. The number of esters is 1. The quantitative estimate of drug-likeness (QED) is 0.165. The second-order valence-electron chi connectivity index (χ2n) is 6.84. The fourth-order valence-corrected chi connectivity index (χ4v) is 4.21. The Labute approximate surface area is 203 Å². The van der Waals surface area contributed by atoms with E-state index < -0.39 is 10.9 Å².